The molecule has 4 nitrogen and oxygen atoms in total. The van der Waals surface area contributed by atoms with Crippen molar-refractivity contribution in [2.75, 3.05) is 32.7 Å². The van der Waals surface area contributed by atoms with Gasteiger partial charge in [0.25, 0.3) is 6.10 Å². The molecule has 0 N–H and O–H groups in total. The third-order valence-corrected chi connectivity index (χ3v) is 3.67. The molecule has 1 fully saturated rings. The zero-order valence-corrected chi connectivity index (χ0v) is 14.1. The summed E-state index contributed by atoms with van der Waals surface area (Å²) >= 11 is 0. The number of amides is 1. The van der Waals surface area contributed by atoms with E-state index >= 15 is 0 Å². The number of halogens is 6. The van der Waals surface area contributed by atoms with Crippen molar-refractivity contribution in [3.05, 3.63) is 36.5 Å². The summed E-state index contributed by atoms with van der Waals surface area (Å²) in [6.45, 7) is 6.49. The summed E-state index contributed by atoms with van der Waals surface area (Å²) in [6.07, 6.45) is -10.1. The lowest BCUT2D eigenvalue weighted by Gasteiger charge is -2.35. The first-order valence-corrected chi connectivity index (χ1v) is 7.74. The van der Waals surface area contributed by atoms with Crippen molar-refractivity contribution in [2.45, 2.75) is 25.4 Å². The third kappa shape index (κ3) is 6.74. The third-order valence-electron chi connectivity index (χ3n) is 3.67. The van der Waals surface area contributed by atoms with Crippen molar-refractivity contribution in [1.29, 1.82) is 0 Å². The molecule has 0 bridgehead atoms. The van der Waals surface area contributed by atoms with Crippen LogP contribution in [0.5, 0.6) is 0 Å². The Morgan fingerprint density at radius 2 is 1.65 bits per heavy atom. The lowest BCUT2D eigenvalue weighted by molar-refractivity contribution is -0.308. The Balaban J connectivity index is 2.60. The number of hydrogen-bond acceptors (Lipinski definition) is 3. The molecule has 1 aliphatic rings. The Labute approximate surface area is 147 Å². The highest BCUT2D eigenvalue weighted by Crippen LogP contribution is 2.36. The van der Waals surface area contributed by atoms with E-state index in [1.165, 1.54) is 0 Å². The molecule has 0 spiro atoms. The molecule has 148 valence electrons. The van der Waals surface area contributed by atoms with Gasteiger partial charge in [-0.05, 0) is 12.5 Å². The molecule has 1 heterocycles. The van der Waals surface area contributed by atoms with Crippen molar-refractivity contribution >= 4 is 6.09 Å². The number of carbonyl (C=O) groups is 1. The minimum absolute atomic E-state index is 0.0244. The Morgan fingerprint density at radius 1 is 1.12 bits per heavy atom. The van der Waals surface area contributed by atoms with Gasteiger partial charge in [0.2, 0.25) is 0 Å². The minimum Gasteiger partial charge on any atom is -0.426 e. The SMILES string of the molecule is C=C/C=C\C(=C/C)CN1CCN(C(=O)OC(C(F)(F)F)C(F)(F)F)CC1. The normalized spacial score (nSPS) is 17.8. The van der Waals surface area contributed by atoms with Crippen LogP contribution in [0.1, 0.15) is 6.92 Å². The summed E-state index contributed by atoms with van der Waals surface area (Å²) in [5, 5.41) is 0. The van der Waals surface area contributed by atoms with Crippen LogP contribution in [0.4, 0.5) is 31.1 Å². The van der Waals surface area contributed by atoms with Gasteiger partial charge < -0.3 is 9.64 Å². The van der Waals surface area contributed by atoms with Crippen LogP contribution in [-0.2, 0) is 4.74 Å². The number of alkyl halides is 6. The van der Waals surface area contributed by atoms with Crippen molar-refractivity contribution in [3.8, 4) is 0 Å². The summed E-state index contributed by atoms with van der Waals surface area (Å²) in [4.78, 5) is 14.5. The predicted molar refractivity (Wildman–Crippen MR) is 83.5 cm³/mol. The number of rotatable bonds is 5. The van der Waals surface area contributed by atoms with Crippen LogP contribution >= 0.6 is 0 Å². The molecule has 0 saturated carbocycles. The van der Waals surface area contributed by atoms with Gasteiger partial charge in [-0.2, -0.15) is 26.3 Å². The molecule has 1 saturated heterocycles. The highest BCUT2D eigenvalue weighted by molar-refractivity contribution is 5.68. The lowest BCUT2D eigenvalue weighted by Crippen LogP contribution is -2.52. The van der Waals surface area contributed by atoms with Crippen LogP contribution in [-0.4, -0.2) is 67.1 Å². The molecule has 1 aliphatic heterocycles. The molecular weight excluding hydrogens is 366 g/mol. The standard InChI is InChI=1S/C16H20F6N2O2/c1-3-5-6-12(4-2)11-23-7-9-24(10-8-23)14(25)26-13(15(17,18)19)16(20,21)22/h3-6,13H,1,7-11H2,2H3/b6-5-,12-4+. The fourth-order valence-corrected chi connectivity index (χ4v) is 2.27. The number of carbonyl (C=O) groups excluding carboxylic acids is 1. The Hall–Kier alpha value is -1.97. The highest BCUT2D eigenvalue weighted by atomic mass is 19.4. The number of hydrogen-bond donors (Lipinski definition) is 0. The van der Waals surface area contributed by atoms with Gasteiger partial charge in [-0.1, -0.05) is 30.9 Å². The van der Waals surface area contributed by atoms with Crippen LogP contribution in [0.15, 0.2) is 36.5 Å². The zero-order valence-electron chi connectivity index (χ0n) is 14.1. The van der Waals surface area contributed by atoms with Gasteiger partial charge >= 0.3 is 18.4 Å². The molecule has 0 radical (unpaired) electrons. The molecule has 0 aliphatic carbocycles. The van der Waals surface area contributed by atoms with Crippen LogP contribution in [0.3, 0.4) is 0 Å². The Morgan fingerprint density at radius 3 is 2.08 bits per heavy atom. The van der Waals surface area contributed by atoms with Gasteiger partial charge in [0.15, 0.2) is 0 Å². The molecule has 1 rings (SSSR count). The van der Waals surface area contributed by atoms with Crippen LogP contribution < -0.4 is 0 Å². The molecule has 10 heteroatoms. The lowest BCUT2D eigenvalue weighted by atomic mass is 10.2. The van der Waals surface area contributed by atoms with E-state index in [4.69, 9.17) is 0 Å². The van der Waals surface area contributed by atoms with Crippen molar-refractivity contribution in [2.24, 2.45) is 0 Å². The summed E-state index contributed by atoms with van der Waals surface area (Å²) in [6, 6.07) is 0. The molecule has 26 heavy (non-hydrogen) atoms. The maximum atomic E-state index is 12.4. The van der Waals surface area contributed by atoms with Gasteiger partial charge in [-0.25, -0.2) is 4.79 Å². The smallest absolute Gasteiger partial charge is 0.426 e. The topological polar surface area (TPSA) is 32.8 Å². The van der Waals surface area contributed by atoms with Crippen molar-refractivity contribution in [1.82, 2.24) is 9.80 Å². The fourth-order valence-electron chi connectivity index (χ4n) is 2.27. The molecule has 0 aromatic rings. The Kier molecular flexibility index (Phi) is 7.73. The first kappa shape index (κ1) is 22.1. The summed E-state index contributed by atoms with van der Waals surface area (Å²) in [5.41, 5.74) is 0.968. The average Bonchev–Trinajstić information content (AvgIpc) is 2.54. The second-order valence-electron chi connectivity index (χ2n) is 5.57. The number of allylic oxidation sites excluding steroid dienone is 3. The van der Waals surface area contributed by atoms with E-state index < -0.39 is 24.5 Å². The van der Waals surface area contributed by atoms with E-state index in [9.17, 15) is 31.1 Å². The van der Waals surface area contributed by atoms with Crippen LogP contribution in [0.2, 0.25) is 0 Å². The first-order chi connectivity index (χ1) is 12.0. The summed E-state index contributed by atoms with van der Waals surface area (Å²) in [5.74, 6) is 0. The van der Waals surface area contributed by atoms with Gasteiger partial charge in [0, 0.05) is 32.7 Å². The van der Waals surface area contributed by atoms with E-state index in [0.717, 1.165) is 10.5 Å². The van der Waals surface area contributed by atoms with Crippen molar-refractivity contribution in [3.63, 3.8) is 0 Å². The maximum absolute atomic E-state index is 12.4. The van der Waals surface area contributed by atoms with Crippen LogP contribution in [0.25, 0.3) is 0 Å². The predicted octanol–water partition coefficient (Wildman–Crippen LogP) is 3.92. The first-order valence-electron chi connectivity index (χ1n) is 7.74. The second-order valence-corrected chi connectivity index (χ2v) is 5.57. The molecule has 0 unspecified atom stereocenters. The van der Waals surface area contributed by atoms with E-state index in [-0.39, 0.29) is 13.1 Å². The van der Waals surface area contributed by atoms with E-state index in [1.54, 1.807) is 12.2 Å². The number of piperazine rings is 1. The minimum atomic E-state index is -5.71. The monoisotopic (exact) mass is 386 g/mol. The Bertz CT molecular complexity index is 532. The van der Waals surface area contributed by atoms with Gasteiger partial charge in [-0.3, -0.25) is 4.90 Å². The van der Waals surface area contributed by atoms with Gasteiger partial charge in [0.1, 0.15) is 0 Å². The van der Waals surface area contributed by atoms with E-state index in [2.05, 4.69) is 11.3 Å². The summed E-state index contributed by atoms with van der Waals surface area (Å²) in [7, 11) is 0. The quantitative estimate of drug-likeness (QED) is 0.530. The molecule has 0 atom stereocenters. The molecule has 0 aromatic heterocycles. The van der Waals surface area contributed by atoms with Gasteiger partial charge in [-0.15, -0.1) is 0 Å². The largest absolute Gasteiger partial charge is 0.434 e. The maximum Gasteiger partial charge on any atom is 0.434 e. The number of ether oxygens (including phenoxy) is 1. The fraction of sp³-hybridized carbons (Fsp3) is 0.562. The second kappa shape index (κ2) is 9.11. The van der Waals surface area contributed by atoms with Crippen LogP contribution in [0, 0.1) is 0 Å². The average molecular weight is 386 g/mol. The van der Waals surface area contributed by atoms with Gasteiger partial charge in [0.05, 0.1) is 0 Å². The van der Waals surface area contributed by atoms with E-state index in [0.29, 0.717) is 19.6 Å². The molecule has 0 aromatic carbocycles. The summed E-state index contributed by atoms with van der Waals surface area (Å²) < 4.78 is 78.4. The number of nitrogens with zero attached hydrogens (tertiary/aromatic N) is 2. The highest BCUT2D eigenvalue weighted by Gasteiger charge is 2.60. The molecule has 1 amide bonds. The van der Waals surface area contributed by atoms with E-state index in [1.807, 2.05) is 24.0 Å². The molecular formula is C16H20F6N2O2. The zero-order chi connectivity index (χ0) is 20.0. The van der Waals surface area contributed by atoms with Crippen molar-refractivity contribution < 1.29 is 35.9 Å².